The van der Waals surface area contributed by atoms with Crippen LogP contribution in [0.1, 0.15) is 25.4 Å². The Morgan fingerprint density at radius 2 is 2.25 bits per heavy atom. The summed E-state index contributed by atoms with van der Waals surface area (Å²) in [5.74, 6) is -2.64. The fraction of sp³-hybridized carbons (Fsp3) is 0.727. The molecule has 0 saturated heterocycles. The lowest BCUT2D eigenvalue weighted by molar-refractivity contribution is 0.0863. The number of imidazole rings is 1. The van der Waals surface area contributed by atoms with Crippen molar-refractivity contribution in [1.29, 1.82) is 0 Å². The summed E-state index contributed by atoms with van der Waals surface area (Å²) in [6.45, 7) is 4.52. The number of halogens is 2. The molecule has 0 bridgehead atoms. The van der Waals surface area contributed by atoms with Gasteiger partial charge in [0.05, 0.1) is 6.54 Å². The average Bonchev–Trinajstić information content (AvgIpc) is 2.68. The van der Waals surface area contributed by atoms with E-state index in [2.05, 4.69) is 15.3 Å². The zero-order valence-corrected chi connectivity index (χ0v) is 9.56. The second-order valence-corrected chi connectivity index (χ2v) is 4.41. The standard InChI is InChI=1S/C11H17F2N3/c1-3-8-4-15-10(16-8)6-14-5-9-7(2)11(9,12)13/h4,7,9,14H,3,5-6H2,1-2H3,(H,15,16)/t7-,9-/m1/s1. The molecule has 0 aliphatic heterocycles. The van der Waals surface area contributed by atoms with E-state index in [1.807, 2.05) is 6.92 Å². The molecule has 5 heteroatoms. The lowest BCUT2D eigenvalue weighted by atomic mass is 10.3. The molecule has 0 aromatic carbocycles. The van der Waals surface area contributed by atoms with E-state index in [0.29, 0.717) is 13.1 Å². The minimum absolute atomic E-state index is 0.357. The second kappa shape index (κ2) is 4.13. The molecule has 1 aromatic heterocycles. The van der Waals surface area contributed by atoms with Gasteiger partial charge in [0.1, 0.15) is 5.82 Å². The Morgan fingerprint density at radius 3 is 2.75 bits per heavy atom. The van der Waals surface area contributed by atoms with Gasteiger partial charge in [-0.15, -0.1) is 0 Å². The number of aryl methyl sites for hydroxylation is 1. The van der Waals surface area contributed by atoms with Gasteiger partial charge in [0.2, 0.25) is 0 Å². The van der Waals surface area contributed by atoms with E-state index in [1.54, 1.807) is 13.1 Å². The maximum Gasteiger partial charge on any atom is 0.255 e. The summed E-state index contributed by atoms with van der Waals surface area (Å²) in [6.07, 6.45) is 2.69. The molecule has 3 nitrogen and oxygen atoms in total. The molecule has 90 valence electrons. The molecular weight excluding hydrogens is 212 g/mol. The lowest BCUT2D eigenvalue weighted by Gasteiger charge is -2.01. The van der Waals surface area contributed by atoms with Crippen molar-refractivity contribution in [2.24, 2.45) is 11.8 Å². The predicted octanol–water partition coefficient (Wildman–Crippen LogP) is 1.96. The van der Waals surface area contributed by atoms with Gasteiger partial charge in [-0.25, -0.2) is 13.8 Å². The smallest absolute Gasteiger partial charge is 0.255 e. The number of hydrogen-bond donors (Lipinski definition) is 2. The quantitative estimate of drug-likeness (QED) is 0.810. The van der Waals surface area contributed by atoms with Gasteiger partial charge < -0.3 is 10.3 Å². The molecular formula is C11H17F2N3. The Bertz CT molecular complexity index is 362. The van der Waals surface area contributed by atoms with Crippen molar-refractivity contribution in [3.63, 3.8) is 0 Å². The van der Waals surface area contributed by atoms with Crippen LogP contribution < -0.4 is 5.32 Å². The molecule has 0 unspecified atom stereocenters. The van der Waals surface area contributed by atoms with Gasteiger partial charge >= 0.3 is 0 Å². The van der Waals surface area contributed by atoms with E-state index in [1.165, 1.54) is 0 Å². The average molecular weight is 229 g/mol. The van der Waals surface area contributed by atoms with E-state index in [4.69, 9.17) is 0 Å². The van der Waals surface area contributed by atoms with Gasteiger partial charge in [-0.3, -0.25) is 0 Å². The van der Waals surface area contributed by atoms with E-state index >= 15 is 0 Å². The van der Waals surface area contributed by atoms with E-state index in [-0.39, 0.29) is 0 Å². The van der Waals surface area contributed by atoms with Crippen molar-refractivity contribution in [1.82, 2.24) is 15.3 Å². The van der Waals surface area contributed by atoms with Crippen LogP contribution in [0.3, 0.4) is 0 Å². The first-order chi connectivity index (χ1) is 7.55. The molecule has 2 atom stereocenters. The Labute approximate surface area is 93.7 Å². The molecule has 2 rings (SSSR count). The van der Waals surface area contributed by atoms with Crippen LogP contribution in [0, 0.1) is 11.8 Å². The van der Waals surface area contributed by atoms with Gasteiger partial charge in [0, 0.05) is 30.3 Å². The zero-order valence-electron chi connectivity index (χ0n) is 9.56. The van der Waals surface area contributed by atoms with Crippen molar-refractivity contribution in [2.45, 2.75) is 32.7 Å². The highest BCUT2D eigenvalue weighted by Crippen LogP contribution is 2.54. The number of H-pyrrole nitrogens is 1. The summed E-state index contributed by atoms with van der Waals surface area (Å²) in [7, 11) is 0. The highest BCUT2D eigenvalue weighted by Gasteiger charge is 2.64. The fourth-order valence-corrected chi connectivity index (χ4v) is 1.89. The van der Waals surface area contributed by atoms with Crippen LogP contribution in [-0.2, 0) is 13.0 Å². The van der Waals surface area contributed by atoms with Crippen LogP contribution in [0.4, 0.5) is 8.78 Å². The number of aromatic amines is 1. The molecule has 1 aliphatic rings. The molecule has 1 saturated carbocycles. The monoisotopic (exact) mass is 229 g/mol. The fourth-order valence-electron chi connectivity index (χ4n) is 1.89. The number of aromatic nitrogens is 2. The molecule has 1 aliphatic carbocycles. The van der Waals surface area contributed by atoms with Crippen molar-refractivity contribution >= 4 is 0 Å². The molecule has 1 fully saturated rings. The Balaban J connectivity index is 1.73. The van der Waals surface area contributed by atoms with Gasteiger partial charge in [-0.1, -0.05) is 13.8 Å². The first kappa shape index (κ1) is 11.5. The van der Waals surface area contributed by atoms with Crippen LogP contribution in [0.5, 0.6) is 0 Å². The van der Waals surface area contributed by atoms with Crippen LogP contribution in [0.25, 0.3) is 0 Å². The minimum atomic E-state index is -2.47. The van der Waals surface area contributed by atoms with Crippen molar-refractivity contribution in [3.8, 4) is 0 Å². The molecule has 1 heterocycles. The Kier molecular flexibility index (Phi) is 2.97. The number of nitrogens with one attached hydrogen (secondary N) is 2. The second-order valence-electron chi connectivity index (χ2n) is 4.41. The number of nitrogens with zero attached hydrogens (tertiary/aromatic N) is 1. The summed E-state index contributed by atoms with van der Waals surface area (Å²) in [6, 6.07) is 0. The molecule has 0 amide bonds. The van der Waals surface area contributed by atoms with Crippen molar-refractivity contribution < 1.29 is 8.78 Å². The first-order valence-corrected chi connectivity index (χ1v) is 5.67. The maximum absolute atomic E-state index is 12.9. The zero-order chi connectivity index (χ0) is 11.8. The van der Waals surface area contributed by atoms with Gasteiger partial charge in [-0.05, 0) is 6.42 Å². The van der Waals surface area contributed by atoms with E-state index in [9.17, 15) is 8.78 Å². The molecule has 16 heavy (non-hydrogen) atoms. The third-order valence-corrected chi connectivity index (χ3v) is 3.31. The summed E-state index contributed by atoms with van der Waals surface area (Å²) >= 11 is 0. The number of hydrogen-bond acceptors (Lipinski definition) is 2. The number of rotatable bonds is 5. The normalized spacial score (nSPS) is 27.0. The molecule has 0 spiro atoms. The predicted molar refractivity (Wildman–Crippen MR) is 57.3 cm³/mol. The summed E-state index contributed by atoms with van der Waals surface area (Å²) < 4.78 is 25.8. The summed E-state index contributed by atoms with van der Waals surface area (Å²) in [4.78, 5) is 7.28. The van der Waals surface area contributed by atoms with E-state index in [0.717, 1.165) is 17.9 Å². The lowest BCUT2D eigenvalue weighted by Crippen LogP contribution is -2.19. The van der Waals surface area contributed by atoms with Crippen LogP contribution in [0.2, 0.25) is 0 Å². The van der Waals surface area contributed by atoms with Crippen molar-refractivity contribution in [2.75, 3.05) is 6.54 Å². The molecule has 2 N–H and O–H groups in total. The van der Waals surface area contributed by atoms with E-state index < -0.39 is 17.8 Å². The highest BCUT2D eigenvalue weighted by atomic mass is 19.3. The minimum Gasteiger partial charge on any atom is -0.345 e. The van der Waals surface area contributed by atoms with Crippen LogP contribution >= 0.6 is 0 Å². The SMILES string of the molecule is CCc1cnc(CNC[C@@H]2[C@@H](C)C2(F)F)[nH]1. The molecule has 1 aromatic rings. The Hall–Kier alpha value is -0.970. The maximum atomic E-state index is 12.9. The number of alkyl halides is 2. The summed E-state index contributed by atoms with van der Waals surface area (Å²) in [5, 5.41) is 3.01. The Morgan fingerprint density at radius 1 is 1.56 bits per heavy atom. The molecule has 0 radical (unpaired) electrons. The third kappa shape index (κ3) is 2.09. The van der Waals surface area contributed by atoms with Crippen molar-refractivity contribution in [3.05, 3.63) is 17.7 Å². The topological polar surface area (TPSA) is 40.7 Å². The highest BCUT2D eigenvalue weighted by molar-refractivity contribution is 5.04. The first-order valence-electron chi connectivity index (χ1n) is 5.67. The van der Waals surface area contributed by atoms with Crippen LogP contribution in [-0.4, -0.2) is 22.4 Å². The summed E-state index contributed by atoms with van der Waals surface area (Å²) in [5.41, 5.74) is 1.07. The van der Waals surface area contributed by atoms with Crippen LogP contribution in [0.15, 0.2) is 6.20 Å². The van der Waals surface area contributed by atoms with Gasteiger partial charge in [-0.2, -0.15) is 0 Å². The van der Waals surface area contributed by atoms with Gasteiger partial charge in [0.15, 0.2) is 0 Å². The largest absolute Gasteiger partial charge is 0.345 e. The third-order valence-electron chi connectivity index (χ3n) is 3.31. The van der Waals surface area contributed by atoms with Gasteiger partial charge in [0.25, 0.3) is 5.92 Å².